The smallest absolute Gasteiger partial charge is 0.234 e. The number of benzene rings is 1. The van der Waals surface area contributed by atoms with Crippen LogP contribution in [0.25, 0.3) is 15.5 Å². The third-order valence-electron chi connectivity index (χ3n) is 2.69. The second kappa shape index (κ2) is 5.24. The van der Waals surface area contributed by atoms with Gasteiger partial charge in [-0.1, -0.05) is 41.1 Å². The SMILES string of the molecule is COCCc1nnc2sc(-c3ccccc3Cl)nn12. The number of hydrogen-bond acceptors (Lipinski definition) is 5. The van der Waals surface area contributed by atoms with E-state index in [1.807, 2.05) is 24.3 Å². The summed E-state index contributed by atoms with van der Waals surface area (Å²) in [6.07, 6.45) is 0.684. The second-order valence-corrected chi connectivity index (χ2v) is 5.30. The van der Waals surface area contributed by atoms with Gasteiger partial charge in [0, 0.05) is 19.1 Å². The van der Waals surface area contributed by atoms with Crippen molar-refractivity contribution in [2.24, 2.45) is 0 Å². The summed E-state index contributed by atoms with van der Waals surface area (Å²) in [7, 11) is 1.66. The lowest BCUT2D eigenvalue weighted by Gasteiger charge is -1.98. The van der Waals surface area contributed by atoms with E-state index in [2.05, 4.69) is 15.3 Å². The van der Waals surface area contributed by atoms with E-state index in [1.54, 1.807) is 11.6 Å². The Bertz CT molecular complexity index is 709. The Hall–Kier alpha value is -1.50. The van der Waals surface area contributed by atoms with Gasteiger partial charge in [0.05, 0.1) is 11.6 Å². The Morgan fingerprint density at radius 2 is 2.16 bits per heavy atom. The monoisotopic (exact) mass is 294 g/mol. The highest BCUT2D eigenvalue weighted by Gasteiger charge is 2.14. The maximum Gasteiger partial charge on any atom is 0.234 e. The quantitative estimate of drug-likeness (QED) is 0.742. The molecule has 0 fully saturated rings. The molecule has 0 saturated carbocycles. The summed E-state index contributed by atoms with van der Waals surface area (Å²) < 4.78 is 6.80. The van der Waals surface area contributed by atoms with E-state index < -0.39 is 0 Å². The van der Waals surface area contributed by atoms with Gasteiger partial charge in [0.25, 0.3) is 0 Å². The number of hydrogen-bond donors (Lipinski definition) is 0. The topological polar surface area (TPSA) is 52.3 Å². The van der Waals surface area contributed by atoms with Crippen molar-refractivity contribution in [1.82, 2.24) is 19.8 Å². The van der Waals surface area contributed by atoms with Gasteiger partial charge in [0.1, 0.15) is 5.01 Å². The molecule has 0 aliphatic heterocycles. The van der Waals surface area contributed by atoms with Crippen molar-refractivity contribution in [3.8, 4) is 10.6 Å². The lowest BCUT2D eigenvalue weighted by atomic mass is 10.2. The molecule has 0 N–H and O–H groups in total. The van der Waals surface area contributed by atoms with Gasteiger partial charge in [-0.25, -0.2) is 0 Å². The van der Waals surface area contributed by atoms with Crippen molar-refractivity contribution in [3.05, 3.63) is 35.1 Å². The summed E-state index contributed by atoms with van der Waals surface area (Å²) in [5.74, 6) is 0.798. The Balaban J connectivity index is 2.03. The molecule has 1 aromatic carbocycles. The molecule has 0 unspecified atom stereocenters. The zero-order valence-electron chi connectivity index (χ0n) is 10.2. The van der Waals surface area contributed by atoms with Gasteiger partial charge in [0.2, 0.25) is 4.96 Å². The summed E-state index contributed by atoms with van der Waals surface area (Å²) in [5, 5.41) is 14.3. The molecule has 0 aliphatic carbocycles. The number of nitrogens with zero attached hydrogens (tertiary/aromatic N) is 4. The summed E-state index contributed by atoms with van der Waals surface area (Å²) in [6.45, 7) is 0.597. The van der Waals surface area contributed by atoms with Gasteiger partial charge in [-0.15, -0.1) is 10.2 Å². The third kappa shape index (κ3) is 2.34. The average Bonchev–Trinajstić information content (AvgIpc) is 2.97. The van der Waals surface area contributed by atoms with Crippen molar-refractivity contribution < 1.29 is 4.74 Å². The van der Waals surface area contributed by atoms with Crippen molar-refractivity contribution in [3.63, 3.8) is 0 Å². The first-order valence-corrected chi connectivity index (χ1v) is 6.94. The summed E-state index contributed by atoms with van der Waals surface area (Å²) >= 11 is 7.65. The molecule has 0 radical (unpaired) electrons. The van der Waals surface area contributed by atoms with Crippen molar-refractivity contribution >= 4 is 27.9 Å². The first-order chi connectivity index (χ1) is 9.29. The van der Waals surface area contributed by atoms with Crippen LogP contribution in [0.15, 0.2) is 24.3 Å². The van der Waals surface area contributed by atoms with Crippen LogP contribution in [0.2, 0.25) is 5.02 Å². The molecule has 0 spiro atoms. The van der Waals surface area contributed by atoms with E-state index in [4.69, 9.17) is 16.3 Å². The van der Waals surface area contributed by atoms with Crippen LogP contribution < -0.4 is 0 Å². The lowest BCUT2D eigenvalue weighted by Crippen LogP contribution is -2.01. The summed E-state index contributed by atoms with van der Waals surface area (Å²) in [5.41, 5.74) is 0.914. The molecule has 0 bridgehead atoms. The molecule has 2 heterocycles. The number of rotatable bonds is 4. The first-order valence-electron chi connectivity index (χ1n) is 5.74. The van der Waals surface area contributed by atoms with Crippen LogP contribution in [0.1, 0.15) is 5.82 Å². The normalized spacial score (nSPS) is 11.3. The van der Waals surface area contributed by atoms with Crippen LogP contribution in [0.3, 0.4) is 0 Å². The minimum atomic E-state index is 0.597. The predicted molar refractivity (Wildman–Crippen MR) is 74.7 cm³/mol. The largest absolute Gasteiger partial charge is 0.384 e. The minimum absolute atomic E-state index is 0.597. The van der Waals surface area contributed by atoms with Gasteiger partial charge in [0.15, 0.2) is 5.82 Å². The van der Waals surface area contributed by atoms with Gasteiger partial charge in [-0.2, -0.15) is 9.61 Å². The fourth-order valence-electron chi connectivity index (χ4n) is 1.75. The minimum Gasteiger partial charge on any atom is -0.384 e. The summed E-state index contributed by atoms with van der Waals surface area (Å²) in [4.78, 5) is 0.765. The maximum atomic E-state index is 6.18. The number of aromatic nitrogens is 4. The number of methoxy groups -OCH3 is 1. The van der Waals surface area contributed by atoms with E-state index in [0.717, 1.165) is 21.4 Å². The average molecular weight is 295 g/mol. The molecule has 2 aromatic heterocycles. The fraction of sp³-hybridized carbons (Fsp3) is 0.250. The molecule has 5 nitrogen and oxygen atoms in total. The van der Waals surface area contributed by atoms with Crippen LogP contribution in [-0.2, 0) is 11.2 Å². The van der Waals surface area contributed by atoms with E-state index in [0.29, 0.717) is 18.1 Å². The van der Waals surface area contributed by atoms with E-state index in [1.165, 1.54) is 11.3 Å². The van der Waals surface area contributed by atoms with Crippen LogP contribution >= 0.6 is 22.9 Å². The van der Waals surface area contributed by atoms with Crippen molar-refractivity contribution in [2.75, 3.05) is 13.7 Å². The molecule has 19 heavy (non-hydrogen) atoms. The summed E-state index contributed by atoms with van der Waals surface area (Å²) in [6, 6.07) is 7.64. The molecular weight excluding hydrogens is 284 g/mol. The zero-order chi connectivity index (χ0) is 13.2. The number of halogens is 1. The molecule has 0 amide bonds. The molecule has 3 rings (SSSR count). The zero-order valence-corrected chi connectivity index (χ0v) is 11.8. The molecule has 3 aromatic rings. The Labute approximate surface area is 118 Å². The van der Waals surface area contributed by atoms with Crippen LogP contribution in [0, 0.1) is 0 Å². The van der Waals surface area contributed by atoms with Gasteiger partial charge < -0.3 is 4.74 Å². The molecule has 98 valence electrons. The molecule has 0 saturated heterocycles. The standard InChI is InChI=1S/C12H11ClN4OS/c1-18-7-6-10-14-15-12-17(10)16-11(19-12)8-4-2-3-5-9(8)13/h2-5H,6-7H2,1H3. The van der Waals surface area contributed by atoms with Crippen LogP contribution in [0.5, 0.6) is 0 Å². The fourth-order valence-corrected chi connectivity index (χ4v) is 2.93. The van der Waals surface area contributed by atoms with Gasteiger partial charge >= 0.3 is 0 Å². The van der Waals surface area contributed by atoms with Crippen molar-refractivity contribution in [2.45, 2.75) is 6.42 Å². The molecule has 0 atom stereocenters. The maximum absolute atomic E-state index is 6.18. The number of fused-ring (bicyclic) bond motifs is 1. The molecule has 0 aliphatic rings. The predicted octanol–water partition coefficient (Wildman–Crippen LogP) is 2.70. The Morgan fingerprint density at radius 1 is 1.32 bits per heavy atom. The van der Waals surface area contributed by atoms with E-state index in [9.17, 15) is 0 Å². The first kappa shape index (κ1) is 12.5. The highest BCUT2D eigenvalue weighted by Crippen LogP contribution is 2.30. The van der Waals surface area contributed by atoms with Crippen LogP contribution in [0.4, 0.5) is 0 Å². The van der Waals surface area contributed by atoms with Crippen molar-refractivity contribution in [1.29, 1.82) is 0 Å². The Morgan fingerprint density at radius 3 is 2.95 bits per heavy atom. The lowest BCUT2D eigenvalue weighted by molar-refractivity contribution is 0.200. The van der Waals surface area contributed by atoms with Gasteiger partial charge in [-0.05, 0) is 6.07 Å². The van der Waals surface area contributed by atoms with Gasteiger partial charge in [-0.3, -0.25) is 0 Å². The Kier molecular flexibility index (Phi) is 3.46. The molecular formula is C12H11ClN4OS. The number of ether oxygens (including phenoxy) is 1. The van der Waals surface area contributed by atoms with E-state index >= 15 is 0 Å². The van der Waals surface area contributed by atoms with E-state index in [-0.39, 0.29) is 0 Å². The third-order valence-corrected chi connectivity index (χ3v) is 3.95. The molecule has 7 heteroatoms. The highest BCUT2D eigenvalue weighted by molar-refractivity contribution is 7.19. The second-order valence-electron chi connectivity index (χ2n) is 3.94. The van der Waals surface area contributed by atoms with Crippen LogP contribution in [-0.4, -0.2) is 33.5 Å². The highest BCUT2D eigenvalue weighted by atomic mass is 35.5.